The Bertz CT molecular complexity index is 244. The van der Waals surface area contributed by atoms with Gasteiger partial charge in [-0.1, -0.05) is 19.8 Å². The molecule has 0 aromatic rings. The van der Waals surface area contributed by atoms with E-state index in [1.54, 1.807) is 0 Å². The van der Waals surface area contributed by atoms with Gasteiger partial charge in [-0.15, -0.1) is 0 Å². The molecule has 0 amide bonds. The van der Waals surface area contributed by atoms with Crippen LogP contribution >= 0.6 is 0 Å². The summed E-state index contributed by atoms with van der Waals surface area (Å²) in [4.78, 5) is 11.9. The molecule has 0 bridgehead atoms. The lowest BCUT2D eigenvalue weighted by Crippen LogP contribution is -2.53. The molecule has 0 aromatic carbocycles. The van der Waals surface area contributed by atoms with Gasteiger partial charge in [0.05, 0.1) is 0 Å². The van der Waals surface area contributed by atoms with Crippen molar-refractivity contribution in [1.29, 1.82) is 0 Å². The number of rotatable bonds is 1. The zero-order valence-corrected chi connectivity index (χ0v) is 10.3. The summed E-state index contributed by atoms with van der Waals surface area (Å²) in [5.41, 5.74) is 4.94. The number of hydrogen-bond donors (Lipinski definition) is 1. The van der Waals surface area contributed by atoms with Gasteiger partial charge in [-0.25, -0.2) is 0 Å². The summed E-state index contributed by atoms with van der Waals surface area (Å²) in [6.07, 6.45) is 3.70. The predicted octanol–water partition coefficient (Wildman–Crippen LogP) is 2.24. The van der Waals surface area contributed by atoms with E-state index in [0.717, 1.165) is 19.3 Å². The van der Waals surface area contributed by atoms with Crippen LogP contribution in [0.2, 0.25) is 0 Å². The topological polar surface area (TPSA) is 52.3 Å². The van der Waals surface area contributed by atoms with Crippen LogP contribution in [0.5, 0.6) is 0 Å². The first-order valence-corrected chi connectivity index (χ1v) is 5.75. The van der Waals surface area contributed by atoms with E-state index in [9.17, 15) is 4.79 Å². The molecule has 0 aliphatic heterocycles. The molecule has 1 rings (SSSR count). The third-order valence-electron chi connectivity index (χ3n) is 2.84. The van der Waals surface area contributed by atoms with E-state index >= 15 is 0 Å². The standard InChI is InChI=1S/C12H23NO2/c1-9-6-5-7-12(13,8-9)10(14)15-11(2,3)4/h9H,5-8,13H2,1-4H3. The summed E-state index contributed by atoms with van der Waals surface area (Å²) in [6.45, 7) is 7.77. The summed E-state index contributed by atoms with van der Waals surface area (Å²) < 4.78 is 5.36. The van der Waals surface area contributed by atoms with E-state index in [4.69, 9.17) is 10.5 Å². The minimum absolute atomic E-state index is 0.235. The number of nitrogens with two attached hydrogens (primary N) is 1. The zero-order chi connectivity index (χ0) is 11.7. The molecule has 0 saturated heterocycles. The van der Waals surface area contributed by atoms with Crippen LogP contribution < -0.4 is 5.73 Å². The second kappa shape index (κ2) is 4.12. The molecule has 2 N–H and O–H groups in total. The van der Waals surface area contributed by atoms with Crippen molar-refractivity contribution in [1.82, 2.24) is 0 Å². The minimum Gasteiger partial charge on any atom is -0.459 e. The minimum atomic E-state index is -0.745. The van der Waals surface area contributed by atoms with Crippen LogP contribution in [0, 0.1) is 5.92 Å². The van der Waals surface area contributed by atoms with Crippen LogP contribution in [0.3, 0.4) is 0 Å². The quantitative estimate of drug-likeness (QED) is 0.680. The fourth-order valence-corrected chi connectivity index (χ4v) is 2.16. The first-order chi connectivity index (χ1) is 6.73. The van der Waals surface area contributed by atoms with Crippen molar-refractivity contribution in [3.8, 4) is 0 Å². The summed E-state index contributed by atoms with van der Waals surface area (Å²) >= 11 is 0. The SMILES string of the molecule is CC1CCCC(N)(C(=O)OC(C)(C)C)C1. The molecule has 0 aromatic heterocycles. The van der Waals surface area contributed by atoms with Gasteiger partial charge in [0.15, 0.2) is 0 Å². The van der Waals surface area contributed by atoms with Crippen molar-refractivity contribution >= 4 is 5.97 Å². The van der Waals surface area contributed by atoms with Gasteiger partial charge in [-0.05, 0) is 39.5 Å². The first-order valence-electron chi connectivity index (χ1n) is 5.75. The molecule has 2 unspecified atom stereocenters. The second-order valence-electron chi connectivity index (χ2n) is 5.86. The molecule has 1 fully saturated rings. The van der Waals surface area contributed by atoms with Crippen LogP contribution in [0.4, 0.5) is 0 Å². The van der Waals surface area contributed by atoms with E-state index in [0.29, 0.717) is 5.92 Å². The lowest BCUT2D eigenvalue weighted by Gasteiger charge is -2.36. The van der Waals surface area contributed by atoms with Gasteiger partial charge in [-0.3, -0.25) is 4.79 Å². The van der Waals surface area contributed by atoms with Crippen LogP contribution in [0.1, 0.15) is 53.4 Å². The third kappa shape index (κ3) is 3.49. The molecule has 1 saturated carbocycles. The van der Waals surface area contributed by atoms with E-state index in [2.05, 4.69) is 6.92 Å². The number of esters is 1. The smallest absolute Gasteiger partial charge is 0.326 e. The van der Waals surface area contributed by atoms with Gasteiger partial charge in [-0.2, -0.15) is 0 Å². The van der Waals surface area contributed by atoms with Crippen molar-refractivity contribution in [3.63, 3.8) is 0 Å². The molecule has 1 aliphatic rings. The summed E-state index contributed by atoms with van der Waals surface area (Å²) in [5, 5.41) is 0. The molecule has 0 radical (unpaired) electrons. The Balaban J connectivity index is 2.64. The molecular formula is C12H23NO2. The maximum atomic E-state index is 11.9. The highest BCUT2D eigenvalue weighted by Gasteiger charge is 2.40. The largest absolute Gasteiger partial charge is 0.459 e. The highest BCUT2D eigenvalue weighted by molar-refractivity contribution is 5.81. The first kappa shape index (κ1) is 12.5. The number of carbonyl (C=O) groups excluding carboxylic acids is 1. The molecule has 3 nitrogen and oxygen atoms in total. The van der Waals surface area contributed by atoms with E-state index < -0.39 is 11.1 Å². The summed E-state index contributed by atoms with van der Waals surface area (Å²) in [5.74, 6) is 0.290. The van der Waals surface area contributed by atoms with Crippen molar-refractivity contribution in [2.45, 2.75) is 64.5 Å². The summed E-state index contributed by atoms with van der Waals surface area (Å²) in [7, 11) is 0. The zero-order valence-electron chi connectivity index (χ0n) is 10.3. The van der Waals surface area contributed by atoms with Gasteiger partial charge >= 0.3 is 5.97 Å². The highest BCUT2D eigenvalue weighted by atomic mass is 16.6. The van der Waals surface area contributed by atoms with Crippen LogP contribution in [0.25, 0.3) is 0 Å². The number of ether oxygens (including phenoxy) is 1. The van der Waals surface area contributed by atoms with Crippen molar-refractivity contribution < 1.29 is 9.53 Å². The molecule has 2 atom stereocenters. The molecule has 0 heterocycles. The Labute approximate surface area is 92.4 Å². The average Bonchev–Trinajstić information content (AvgIpc) is 2.00. The summed E-state index contributed by atoms with van der Waals surface area (Å²) in [6, 6.07) is 0. The van der Waals surface area contributed by atoms with Crippen molar-refractivity contribution in [3.05, 3.63) is 0 Å². The van der Waals surface area contributed by atoms with Crippen LogP contribution in [-0.4, -0.2) is 17.1 Å². The van der Waals surface area contributed by atoms with Crippen LogP contribution in [0.15, 0.2) is 0 Å². The highest BCUT2D eigenvalue weighted by Crippen LogP contribution is 2.32. The van der Waals surface area contributed by atoms with E-state index in [-0.39, 0.29) is 5.97 Å². The molecule has 0 spiro atoms. The fraction of sp³-hybridized carbons (Fsp3) is 0.917. The Morgan fingerprint density at radius 3 is 2.53 bits per heavy atom. The van der Waals surface area contributed by atoms with Crippen molar-refractivity contribution in [2.24, 2.45) is 11.7 Å². The maximum absolute atomic E-state index is 11.9. The lowest BCUT2D eigenvalue weighted by molar-refractivity contribution is -0.163. The van der Waals surface area contributed by atoms with Gasteiger partial charge < -0.3 is 10.5 Å². The molecule has 3 heteroatoms. The van der Waals surface area contributed by atoms with E-state index in [1.165, 1.54) is 6.42 Å². The number of hydrogen-bond acceptors (Lipinski definition) is 3. The molecule has 1 aliphatic carbocycles. The number of carbonyl (C=O) groups is 1. The fourth-order valence-electron chi connectivity index (χ4n) is 2.16. The Kier molecular flexibility index (Phi) is 3.44. The third-order valence-corrected chi connectivity index (χ3v) is 2.84. The molecular weight excluding hydrogens is 190 g/mol. The average molecular weight is 213 g/mol. The molecule has 88 valence electrons. The maximum Gasteiger partial charge on any atom is 0.326 e. The van der Waals surface area contributed by atoms with Gasteiger partial charge in [0, 0.05) is 0 Å². The van der Waals surface area contributed by atoms with E-state index in [1.807, 2.05) is 20.8 Å². The van der Waals surface area contributed by atoms with Crippen LogP contribution in [-0.2, 0) is 9.53 Å². The van der Waals surface area contributed by atoms with Gasteiger partial charge in [0.1, 0.15) is 11.1 Å². The normalized spacial score (nSPS) is 32.5. The molecule has 15 heavy (non-hydrogen) atoms. The van der Waals surface area contributed by atoms with Crippen molar-refractivity contribution in [2.75, 3.05) is 0 Å². The van der Waals surface area contributed by atoms with Gasteiger partial charge in [0.25, 0.3) is 0 Å². The second-order valence-corrected chi connectivity index (χ2v) is 5.86. The monoisotopic (exact) mass is 213 g/mol. The predicted molar refractivity (Wildman–Crippen MR) is 60.4 cm³/mol. The Hall–Kier alpha value is -0.570. The Morgan fingerprint density at radius 2 is 2.07 bits per heavy atom. The van der Waals surface area contributed by atoms with Gasteiger partial charge in [0.2, 0.25) is 0 Å². The lowest BCUT2D eigenvalue weighted by atomic mass is 9.77. The Morgan fingerprint density at radius 1 is 1.47 bits per heavy atom.